The van der Waals surface area contributed by atoms with E-state index in [9.17, 15) is 4.79 Å². The van der Waals surface area contributed by atoms with E-state index in [0.29, 0.717) is 24.4 Å². The van der Waals surface area contributed by atoms with Crippen LogP contribution in [0, 0.1) is 0 Å². The lowest BCUT2D eigenvalue weighted by molar-refractivity contribution is -0.118. The van der Waals surface area contributed by atoms with Crippen LogP contribution < -0.4 is 4.90 Å². The number of carbonyl (C=O) groups is 1. The van der Waals surface area contributed by atoms with Gasteiger partial charge in [0.25, 0.3) is 0 Å². The van der Waals surface area contributed by atoms with Crippen molar-refractivity contribution in [2.75, 3.05) is 11.4 Å². The topological polar surface area (TPSA) is 61.9 Å². The van der Waals surface area contributed by atoms with Crippen LogP contribution in [0.5, 0.6) is 0 Å². The standard InChI is InChI=1S/C18H20N4O/c1-3-8-16(23)22(4-2)18-15-11-14(12-19-17(15)20-21-18)13-9-6-5-7-10-13/h5-7,9-12H,3-4,8H2,1-2H3,(H,19,20,21). The van der Waals surface area contributed by atoms with Crippen molar-refractivity contribution in [3.63, 3.8) is 0 Å². The van der Waals surface area contributed by atoms with Gasteiger partial charge in [-0.1, -0.05) is 37.3 Å². The Labute approximate surface area is 135 Å². The van der Waals surface area contributed by atoms with Crippen LogP contribution in [-0.2, 0) is 4.79 Å². The summed E-state index contributed by atoms with van der Waals surface area (Å²) in [6, 6.07) is 12.1. The summed E-state index contributed by atoms with van der Waals surface area (Å²) >= 11 is 0. The van der Waals surface area contributed by atoms with Crippen LogP contribution in [0.4, 0.5) is 5.82 Å². The van der Waals surface area contributed by atoms with Gasteiger partial charge in [0, 0.05) is 24.7 Å². The van der Waals surface area contributed by atoms with Gasteiger partial charge < -0.3 is 0 Å². The quantitative estimate of drug-likeness (QED) is 0.780. The number of nitrogens with one attached hydrogen (secondary N) is 1. The molecular weight excluding hydrogens is 288 g/mol. The number of aromatic nitrogens is 3. The summed E-state index contributed by atoms with van der Waals surface area (Å²) in [6.07, 6.45) is 3.17. The molecule has 2 aromatic heterocycles. The van der Waals surface area contributed by atoms with Crippen LogP contribution >= 0.6 is 0 Å². The van der Waals surface area contributed by atoms with Crippen molar-refractivity contribution >= 4 is 22.8 Å². The number of hydrogen-bond acceptors (Lipinski definition) is 3. The summed E-state index contributed by atoms with van der Waals surface area (Å²) in [5.41, 5.74) is 2.80. The Bertz CT molecular complexity index is 810. The van der Waals surface area contributed by atoms with Crippen LogP contribution in [0.15, 0.2) is 42.6 Å². The van der Waals surface area contributed by atoms with Crippen molar-refractivity contribution < 1.29 is 4.79 Å². The molecule has 0 saturated carbocycles. The highest BCUT2D eigenvalue weighted by Gasteiger charge is 2.19. The molecule has 1 N–H and O–H groups in total. The fourth-order valence-electron chi connectivity index (χ4n) is 2.68. The van der Waals surface area contributed by atoms with Gasteiger partial charge in [-0.25, -0.2) is 4.98 Å². The number of rotatable bonds is 5. The number of H-pyrrole nitrogens is 1. The molecule has 0 spiro atoms. The number of anilines is 1. The second-order valence-electron chi connectivity index (χ2n) is 5.42. The zero-order chi connectivity index (χ0) is 16.2. The van der Waals surface area contributed by atoms with Crippen molar-refractivity contribution in [3.05, 3.63) is 42.6 Å². The van der Waals surface area contributed by atoms with E-state index in [4.69, 9.17) is 0 Å². The molecule has 0 unspecified atom stereocenters. The van der Waals surface area contributed by atoms with Crippen molar-refractivity contribution in [1.29, 1.82) is 0 Å². The van der Waals surface area contributed by atoms with Crippen LogP contribution in [0.1, 0.15) is 26.7 Å². The van der Waals surface area contributed by atoms with Crippen LogP contribution in [0.25, 0.3) is 22.2 Å². The number of benzene rings is 1. The summed E-state index contributed by atoms with van der Waals surface area (Å²) in [5.74, 6) is 0.750. The Kier molecular flexibility index (Phi) is 4.37. The molecule has 0 saturated heterocycles. The number of fused-ring (bicyclic) bond motifs is 1. The maximum atomic E-state index is 12.3. The highest BCUT2D eigenvalue weighted by molar-refractivity contribution is 6.01. The zero-order valence-electron chi connectivity index (χ0n) is 13.4. The average Bonchev–Trinajstić information content (AvgIpc) is 3.00. The largest absolute Gasteiger partial charge is 0.295 e. The molecule has 5 nitrogen and oxygen atoms in total. The molecule has 0 radical (unpaired) electrons. The highest BCUT2D eigenvalue weighted by Crippen LogP contribution is 2.28. The third-order valence-corrected chi connectivity index (χ3v) is 3.84. The molecule has 118 valence electrons. The van der Waals surface area contributed by atoms with E-state index >= 15 is 0 Å². The van der Waals surface area contributed by atoms with Gasteiger partial charge in [-0.2, -0.15) is 5.10 Å². The molecule has 0 bridgehead atoms. The summed E-state index contributed by atoms with van der Waals surface area (Å²) in [5, 5.41) is 8.12. The molecule has 0 aliphatic heterocycles. The Balaban J connectivity index is 2.06. The Morgan fingerprint density at radius 1 is 1.17 bits per heavy atom. The van der Waals surface area contributed by atoms with E-state index in [-0.39, 0.29) is 5.91 Å². The van der Waals surface area contributed by atoms with Gasteiger partial charge in [-0.15, -0.1) is 0 Å². The molecule has 23 heavy (non-hydrogen) atoms. The van der Waals surface area contributed by atoms with Crippen molar-refractivity contribution in [1.82, 2.24) is 15.2 Å². The summed E-state index contributed by atoms with van der Waals surface area (Å²) < 4.78 is 0. The maximum Gasteiger partial charge on any atom is 0.228 e. The average molecular weight is 308 g/mol. The molecule has 5 heteroatoms. The van der Waals surface area contributed by atoms with E-state index in [2.05, 4.69) is 15.2 Å². The van der Waals surface area contributed by atoms with Gasteiger partial charge in [0.05, 0.1) is 5.39 Å². The molecular formula is C18H20N4O. The third kappa shape index (κ3) is 2.95. The number of amides is 1. The molecule has 3 rings (SSSR count). The monoisotopic (exact) mass is 308 g/mol. The maximum absolute atomic E-state index is 12.3. The SMILES string of the molecule is CCCC(=O)N(CC)c1n[nH]c2ncc(-c3ccccc3)cc12. The smallest absolute Gasteiger partial charge is 0.228 e. The lowest BCUT2D eigenvalue weighted by atomic mass is 10.1. The second-order valence-corrected chi connectivity index (χ2v) is 5.42. The first-order chi connectivity index (χ1) is 11.2. The Morgan fingerprint density at radius 2 is 1.96 bits per heavy atom. The van der Waals surface area contributed by atoms with Gasteiger partial charge in [0.15, 0.2) is 11.5 Å². The normalized spacial score (nSPS) is 10.9. The molecule has 2 heterocycles. The predicted molar refractivity (Wildman–Crippen MR) is 92.3 cm³/mol. The zero-order valence-corrected chi connectivity index (χ0v) is 13.4. The fraction of sp³-hybridized carbons (Fsp3) is 0.278. The number of aromatic amines is 1. The highest BCUT2D eigenvalue weighted by atomic mass is 16.2. The van der Waals surface area contributed by atoms with E-state index in [1.807, 2.05) is 56.4 Å². The third-order valence-electron chi connectivity index (χ3n) is 3.84. The summed E-state index contributed by atoms with van der Waals surface area (Å²) in [6.45, 7) is 4.56. The van der Waals surface area contributed by atoms with Crippen molar-refractivity contribution in [2.45, 2.75) is 26.7 Å². The number of hydrogen-bond donors (Lipinski definition) is 1. The van der Waals surface area contributed by atoms with E-state index < -0.39 is 0 Å². The fourth-order valence-corrected chi connectivity index (χ4v) is 2.68. The van der Waals surface area contributed by atoms with Gasteiger partial charge in [-0.3, -0.25) is 14.8 Å². The molecule has 1 aromatic carbocycles. The first kappa shape index (κ1) is 15.2. The van der Waals surface area contributed by atoms with E-state index in [1.165, 1.54) is 0 Å². The van der Waals surface area contributed by atoms with Gasteiger partial charge in [0.1, 0.15) is 0 Å². The number of nitrogens with zero attached hydrogens (tertiary/aromatic N) is 3. The van der Waals surface area contributed by atoms with Crippen LogP contribution in [0.2, 0.25) is 0 Å². The molecule has 0 aliphatic rings. The number of carbonyl (C=O) groups excluding carboxylic acids is 1. The van der Waals surface area contributed by atoms with Crippen LogP contribution in [-0.4, -0.2) is 27.6 Å². The predicted octanol–water partition coefficient (Wildman–Crippen LogP) is 3.78. The molecule has 0 fully saturated rings. The minimum Gasteiger partial charge on any atom is -0.295 e. The van der Waals surface area contributed by atoms with Gasteiger partial charge in [-0.05, 0) is 25.0 Å². The van der Waals surface area contributed by atoms with E-state index in [0.717, 1.165) is 22.9 Å². The first-order valence-electron chi connectivity index (χ1n) is 7.94. The van der Waals surface area contributed by atoms with Crippen molar-refractivity contribution in [3.8, 4) is 11.1 Å². The molecule has 0 aliphatic carbocycles. The van der Waals surface area contributed by atoms with Crippen LogP contribution in [0.3, 0.4) is 0 Å². The molecule has 1 amide bonds. The lowest BCUT2D eigenvalue weighted by Crippen LogP contribution is -2.30. The van der Waals surface area contributed by atoms with E-state index in [1.54, 1.807) is 4.90 Å². The molecule has 0 atom stereocenters. The Morgan fingerprint density at radius 3 is 2.65 bits per heavy atom. The second kappa shape index (κ2) is 6.60. The minimum atomic E-state index is 0.0912. The van der Waals surface area contributed by atoms with Gasteiger partial charge in [0.2, 0.25) is 5.91 Å². The summed E-state index contributed by atoms with van der Waals surface area (Å²) in [4.78, 5) is 18.5. The minimum absolute atomic E-state index is 0.0912. The summed E-state index contributed by atoms with van der Waals surface area (Å²) in [7, 11) is 0. The Hall–Kier alpha value is -2.69. The molecule has 3 aromatic rings. The van der Waals surface area contributed by atoms with Gasteiger partial charge >= 0.3 is 0 Å². The first-order valence-corrected chi connectivity index (χ1v) is 7.94. The number of pyridine rings is 1. The lowest BCUT2D eigenvalue weighted by Gasteiger charge is -2.18. The van der Waals surface area contributed by atoms with Crippen molar-refractivity contribution in [2.24, 2.45) is 0 Å².